The summed E-state index contributed by atoms with van der Waals surface area (Å²) in [7, 11) is 1.74. The molecule has 0 radical (unpaired) electrons. The van der Waals surface area contributed by atoms with Crippen molar-refractivity contribution in [1.29, 1.82) is 0 Å². The van der Waals surface area contributed by atoms with Crippen LogP contribution in [0, 0.1) is 6.92 Å². The second-order valence-corrected chi connectivity index (χ2v) is 5.67. The van der Waals surface area contributed by atoms with Crippen LogP contribution in [0.4, 0.5) is 0 Å². The van der Waals surface area contributed by atoms with Gasteiger partial charge in [0.1, 0.15) is 5.75 Å². The highest BCUT2D eigenvalue weighted by Crippen LogP contribution is 2.31. The molecule has 1 aromatic rings. The molecule has 1 aliphatic heterocycles. The van der Waals surface area contributed by atoms with E-state index in [4.69, 9.17) is 4.74 Å². The highest BCUT2D eigenvalue weighted by molar-refractivity contribution is 5.85. The van der Waals surface area contributed by atoms with Crippen molar-refractivity contribution >= 4 is 24.8 Å². The molecule has 1 aliphatic rings. The van der Waals surface area contributed by atoms with Crippen molar-refractivity contribution in [2.75, 3.05) is 33.3 Å². The van der Waals surface area contributed by atoms with Crippen molar-refractivity contribution < 1.29 is 4.74 Å². The Balaban J connectivity index is 0.00000220. The normalized spacial score (nSPS) is 16.3. The molecule has 0 aliphatic carbocycles. The molecule has 0 aromatic heterocycles. The summed E-state index contributed by atoms with van der Waals surface area (Å²) >= 11 is 0. The number of nitrogens with zero attached hydrogens (tertiary/aromatic N) is 1. The van der Waals surface area contributed by atoms with E-state index in [9.17, 15) is 0 Å². The first kappa shape index (κ1) is 21.5. The quantitative estimate of drug-likeness (QED) is 0.841. The lowest BCUT2D eigenvalue weighted by Crippen LogP contribution is -2.45. The van der Waals surface area contributed by atoms with E-state index < -0.39 is 0 Å². The Morgan fingerprint density at radius 1 is 1.23 bits per heavy atom. The van der Waals surface area contributed by atoms with Crippen molar-refractivity contribution in [3.8, 4) is 5.75 Å². The van der Waals surface area contributed by atoms with Gasteiger partial charge < -0.3 is 10.1 Å². The first-order valence-corrected chi connectivity index (χ1v) is 7.85. The van der Waals surface area contributed by atoms with Crippen LogP contribution in [0.2, 0.25) is 0 Å². The van der Waals surface area contributed by atoms with E-state index in [0.29, 0.717) is 6.04 Å². The number of piperazine rings is 1. The Bertz CT molecular complexity index is 423. The lowest BCUT2D eigenvalue weighted by atomic mass is 9.95. The van der Waals surface area contributed by atoms with Crippen LogP contribution in [0.3, 0.4) is 0 Å². The van der Waals surface area contributed by atoms with E-state index in [0.717, 1.165) is 31.9 Å². The number of aryl methyl sites for hydroxylation is 1. The Morgan fingerprint density at radius 3 is 2.45 bits per heavy atom. The number of ether oxygens (including phenoxy) is 1. The van der Waals surface area contributed by atoms with Crippen LogP contribution in [0.5, 0.6) is 5.75 Å². The van der Waals surface area contributed by atoms with Gasteiger partial charge in [0.25, 0.3) is 0 Å². The monoisotopic (exact) mass is 348 g/mol. The third kappa shape index (κ3) is 5.62. The second-order valence-electron chi connectivity index (χ2n) is 5.67. The highest BCUT2D eigenvalue weighted by Gasteiger charge is 2.23. The molecule has 128 valence electrons. The highest BCUT2D eigenvalue weighted by atomic mass is 35.5. The van der Waals surface area contributed by atoms with Crippen LogP contribution in [-0.2, 0) is 0 Å². The largest absolute Gasteiger partial charge is 0.497 e. The Kier molecular flexibility index (Phi) is 10.9. The van der Waals surface area contributed by atoms with Gasteiger partial charge in [-0.2, -0.15) is 0 Å². The van der Waals surface area contributed by atoms with Gasteiger partial charge in [-0.05, 0) is 36.6 Å². The molecule has 0 unspecified atom stereocenters. The van der Waals surface area contributed by atoms with Gasteiger partial charge in [0.15, 0.2) is 0 Å². The number of methoxy groups -OCH3 is 1. The third-order valence-corrected chi connectivity index (χ3v) is 4.26. The molecule has 1 N–H and O–H groups in total. The van der Waals surface area contributed by atoms with E-state index >= 15 is 0 Å². The Labute approximate surface area is 147 Å². The van der Waals surface area contributed by atoms with Gasteiger partial charge in [0.05, 0.1) is 7.11 Å². The van der Waals surface area contributed by atoms with E-state index in [-0.39, 0.29) is 24.8 Å². The van der Waals surface area contributed by atoms with Gasteiger partial charge in [-0.1, -0.05) is 25.8 Å². The molecule has 22 heavy (non-hydrogen) atoms. The molecular weight excluding hydrogens is 319 g/mol. The summed E-state index contributed by atoms with van der Waals surface area (Å²) in [4.78, 5) is 2.64. The molecule has 2 rings (SSSR count). The average molecular weight is 349 g/mol. The molecule has 0 amide bonds. The zero-order valence-corrected chi connectivity index (χ0v) is 15.6. The number of rotatable bonds is 6. The van der Waals surface area contributed by atoms with Crippen LogP contribution in [0.1, 0.15) is 43.4 Å². The van der Waals surface area contributed by atoms with E-state index in [2.05, 4.69) is 42.3 Å². The van der Waals surface area contributed by atoms with Crippen LogP contribution in [0.15, 0.2) is 18.2 Å². The topological polar surface area (TPSA) is 24.5 Å². The predicted molar refractivity (Wildman–Crippen MR) is 98.9 cm³/mol. The molecule has 3 nitrogen and oxygen atoms in total. The number of unbranched alkanes of at least 4 members (excludes halogenated alkanes) is 1. The van der Waals surface area contributed by atoms with Crippen molar-refractivity contribution in [2.45, 2.75) is 39.2 Å². The molecule has 1 aromatic carbocycles. The minimum absolute atomic E-state index is 0. The summed E-state index contributed by atoms with van der Waals surface area (Å²) in [5.41, 5.74) is 2.82. The maximum atomic E-state index is 5.33. The maximum Gasteiger partial charge on any atom is 0.119 e. The molecule has 1 atom stereocenters. The Hall–Kier alpha value is -0.480. The minimum atomic E-state index is 0. The van der Waals surface area contributed by atoms with Crippen molar-refractivity contribution in [3.63, 3.8) is 0 Å². The summed E-state index contributed by atoms with van der Waals surface area (Å²) in [6.45, 7) is 9.00. The number of nitrogens with one attached hydrogen (secondary N) is 1. The smallest absolute Gasteiger partial charge is 0.119 e. The first-order valence-electron chi connectivity index (χ1n) is 7.85. The number of halogens is 2. The summed E-state index contributed by atoms with van der Waals surface area (Å²) in [5.74, 6) is 0.959. The summed E-state index contributed by atoms with van der Waals surface area (Å²) in [6.07, 6.45) is 3.81. The van der Waals surface area contributed by atoms with Crippen LogP contribution in [0.25, 0.3) is 0 Å². The van der Waals surface area contributed by atoms with Crippen molar-refractivity contribution in [1.82, 2.24) is 10.2 Å². The standard InChI is InChI=1S/C17H28N2O.2ClH/c1-4-5-6-17(19-11-9-18-10-12-19)16-8-7-15(20-3)13-14(16)2;;/h7-8,13,17-18H,4-6,9-12H2,1-3H3;2*1H/t17-;;/m0../s1. The van der Waals surface area contributed by atoms with Crippen LogP contribution < -0.4 is 10.1 Å². The molecular formula is C17H30Cl2N2O. The number of hydrogen-bond acceptors (Lipinski definition) is 3. The molecule has 1 heterocycles. The summed E-state index contributed by atoms with van der Waals surface area (Å²) < 4.78 is 5.33. The van der Waals surface area contributed by atoms with Gasteiger partial charge in [-0.15, -0.1) is 24.8 Å². The van der Waals surface area contributed by atoms with Crippen molar-refractivity contribution in [2.24, 2.45) is 0 Å². The van der Waals surface area contributed by atoms with Crippen LogP contribution >= 0.6 is 24.8 Å². The first-order chi connectivity index (χ1) is 9.76. The van der Waals surface area contributed by atoms with E-state index in [1.54, 1.807) is 7.11 Å². The SMILES string of the molecule is CCCC[C@@H](c1ccc(OC)cc1C)N1CCNCC1.Cl.Cl. The second kappa shape index (κ2) is 11.1. The summed E-state index contributed by atoms with van der Waals surface area (Å²) in [6, 6.07) is 7.08. The molecule has 0 bridgehead atoms. The van der Waals surface area contributed by atoms with Gasteiger partial charge >= 0.3 is 0 Å². The van der Waals surface area contributed by atoms with E-state index in [1.165, 1.54) is 30.4 Å². The van der Waals surface area contributed by atoms with E-state index in [1.807, 2.05) is 0 Å². The van der Waals surface area contributed by atoms with Gasteiger partial charge in [0, 0.05) is 32.2 Å². The molecule has 0 spiro atoms. The van der Waals surface area contributed by atoms with Gasteiger partial charge in [-0.25, -0.2) is 0 Å². The average Bonchev–Trinajstić information content (AvgIpc) is 2.50. The fourth-order valence-electron chi connectivity index (χ4n) is 3.08. The number of hydrogen-bond donors (Lipinski definition) is 1. The lowest BCUT2D eigenvalue weighted by Gasteiger charge is -2.36. The molecule has 5 heteroatoms. The maximum absolute atomic E-state index is 5.33. The van der Waals surface area contributed by atoms with Crippen molar-refractivity contribution in [3.05, 3.63) is 29.3 Å². The molecule has 0 saturated carbocycles. The van der Waals surface area contributed by atoms with Gasteiger partial charge in [0.2, 0.25) is 0 Å². The predicted octanol–water partition coefficient (Wildman–Crippen LogP) is 3.98. The minimum Gasteiger partial charge on any atom is -0.497 e. The third-order valence-electron chi connectivity index (χ3n) is 4.26. The van der Waals surface area contributed by atoms with Crippen LogP contribution in [-0.4, -0.2) is 38.2 Å². The molecule has 1 saturated heterocycles. The molecule has 1 fully saturated rings. The summed E-state index contributed by atoms with van der Waals surface area (Å²) in [5, 5.41) is 3.45. The number of benzene rings is 1. The van der Waals surface area contributed by atoms with Gasteiger partial charge in [-0.3, -0.25) is 4.90 Å². The zero-order chi connectivity index (χ0) is 14.4. The zero-order valence-electron chi connectivity index (χ0n) is 13.9. The fraction of sp³-hybridized carbons (Fsp3) is 0.647. The Morgan fingerprint density at radius 2 is 1.91 bits per heavy atom. The lowest BCUT2D eigenvalue weighted by molar-refractivity contribution is 0.162. The fourth-order valence-corrected chi connectivity index (χ4v) is 3.08.